The largest absolute Gasteiger partial charge is 0.423 e. The SMILES string of the molecule is NC(=S)/N=C/c1ccc(OC(=O)/C=C/c2ccccc2)cc1. The van der Waals surface area contributed by atoms with Gasteiger partial charge in [-0.3, -0.25) is 0 Å². The van der Waals surface area contributed by atoms with Gasteiger partial charge in [-0.1, -0.05) is 30.3 Å². The van der Waals surface area contributed by atoms with Gasteiger partial charge in [0.25, 0.3) is 0 Å². The Kier molecular flexibility index (Phi) is 5.57. The van der Waals surface area contributed by atoms with Gasteiger partial charge in [0.2, 0.25) is 0 Å². The molecule has 2 rings (SSSR count). The van der Waals surface area contributed by atoms with Gasteiger partial charge in [0.05, 0.1) is 0 Å². The lowest BCUT2D eigenvalue weighted by atomic mass is 10.2. The van der Waals surface area contributed by atoms with Crippen molar-refractivity contribution in [1.82, 2.24) is 0 Å². The Morgan fingerprint density at radius 1 is 1.05 bits per heavy atom. The van der Waals surface area contributed by atoms with Crippen LogP contribution < -0.4 is 10.5 Å². The van der Waals surface area contributed by atoms with Gasteiger partial charge in [-0.25, -0.2) is 9.79 Å². The summed E-state index contributed by atoms with van der Waals surface area (Å²) in [6, 6.07) is 16.4. The number of benzene rings is 2. The molecule has 0 fully saturated rings. The lowest BCUT2D eigenvalue weighted by Gasteiger charge is -2.01. The fourth-order valence-corrected chi connectivity index (χ4v) is 1.69. The van der Waals surface area contributed by atoms with Crippen molar-refractivity contribution in [2.24, 2.45) is 10.7 Å². The van der Waals surface area contributed by atoms with E-state index < -0.39 is 5.97 Å². The normalized spacial score (nSPS) is 10.9. The summed E-state index contributed by atoms with van der Waals surface area (Å²) in [6.45, 7) is 0. The standard InChI is InChI=1S/C17H14N2O2S/c18-17(22)19-12-14-6-9-15(10-7-14)21-16(20)11-8-13-4-2-1-3-5-13/h1-12H,(H2,18,22)/b11-8+,19-12+. The van der Waals surface area contributed by atoms with Crippen molar-refractivity contribution in [2.45, 2.75) is 0 Å². The summed E-state index contributed by atoms with van der Waals surface area (Å²) in [5.41, 5.74) is 7.02. The lowest BCUT2D eigenvalue weighted by Crippen LogP contribution is -2.04. The first kappa shape index (κ1) is 15.6. The predicted octanol–water partition coefficient (Wildman–Crippen LogP) is 2.97. The first-order valence-electron chi connectivity index (χ1n) is 6.52. The minimum Gasteiger partial charge on any atom is -0.423 e. The number of carbonyl (C=O) groups excluding carboxylic acids is 1. The highest BCUT2D eigenvalue weighted by Crippen LogP contribution is 2.12. The van der Waals surface area contributed by atoms with Crippen LogP contribution in [0.1, 0.15) is 11.1 Å². The number of esters is 1. The maximum absolute atomic E-state index is 11.7. The summed E-state index contributed by atoms with van der Waals surface area (Å²) in [5.74, 6) is 0.0172. The number of hydrogen-bond acceptors (Lipinski definition) is 3. The van der Waals surface area contributed by atoms with E-state index in [1.807, 2.05) is 30.3 Å². The third-order valence-electron chi connectivity index (χ3n) is 2.65. The second-order valence-corrected chi connectivity index (χ2v) is 4.75. The van der Waals surface area contributed by atoms with Crippen LogP contribution in [0.15, 0.2) is 65.7 Å². The van der Waals surface area contributed by atoms with Gasteiger partial charge in [-0.2, -0.15) is 0 Å². The molecule has 0 aliphatic rings. The zero-order chi connectivity index (χ0) is 15.8. The molecule has 0 saturated heterocycles. The van der Waals surface area contributed by atoms with Crippen LogP contribution in [0.25, 0.3) is 6.08 Å². The summed E-state index contributed by atoms with van der Waals surface area (Å²) < 4.78 is 5.20. The van der Waals surface area contributed by atoms with Gasteiger partial charge >= 0.3 is 5.97 Å². The van der Waals surface area contributed by atoms with Gasteiger partial charge in [-0.15, -0.1) is 0 Å². The fraction of sp³-hybridized carbons (Fsp3) is 0. The van der Waals surface area contributed by atoms with E-state index >= 15 is 0 Å². The van der Waals surface area contributed by atoms with Gasteiger partial charge in [0, 0.05) is 12.3 Å². The summed E-state index contributed by atoms with van der Waals surface area (Å²) in [4.78, 5) is 15.5. The van der Waals surface area contributed by atoms with E-state index in [2.05, 4.69) is 17.2 Å². The Morgan fingerprint density at radius 2 is 1.73 bits per heavy atom. The first-order chi connectivity index (χ1) is 10.6. The van der Waals surface area contributed by atoms with Crippen LogP contribution in [-0.2, 0) is 4.79 Å². The third-order valence-corrected chi connectivity index (χ3v) is 2.76. The molecule has 0 radical (unpaired) electrons. The number of ether oxygens (including phenoxy) is 1. The number of carbonyl (C=O) groups is 1. The van der Waals surface area contributed by atoms with E-state index in [4.69, 9.17) is 10.5 Å². The van der Waals surface area contributed by atoms with Crippen molar-refractivity contribution in [1.29, 1.82) is 0 Å². The summed E-state index contributed by atoms with van der Waals surface area (Å²) in [7, 11) is 0. The Bertz CT molecular complexity index is 707. The number of aliphatic imine (C=N–C) groups is 1. The van der Waals surface area contributed by atoms with Crippen LogP contribution in [0.4, 0.5) is 0 Å². The maximum Gasteiger partial charge on any atom is 0.336 e. The van der Waals surface area contributed by atoms with Crippen LogP contribution in [0.3, 0.4) is 0 Å². The number of nitrogens with zero attached hydrogens (tertiary/aromatic N) is 1. The van der Waals surface area contributed by atoms with Gasteiger partial charge < -0.3 is 10.5 Å². The first-order valence-corrected chi connectivity index (χ1v) is 6.93. The second-order valence-electron chi connectivity index (χ2n) is 4.33. The molecule has 0 amide bonds. The molecule has 0 aliphatic heterocycles. The lowest BCUT2D eigenvalue weighted by molar-refractivity contribution is -0.128. The Balaban J connectivity index is 1.94. The third kappa shape index (κ3) is 5.30. The van der Waals surface area contributed by atoms with E-state index in [1.54, 1.807) is 36.6 Å². The Morgan fingerprint density at radius 3 is 2.36 bits per heavy atom. The molecule has 0 aromatic heterocycles. The van der Waals surface area contributed by atoms with Crippen molar-refractivity contribution < 1.29 is 9.53 Å². The number of thiocarbonyl (C=S) groups is 1. The van der Waals surface area contributed by atoms with Gasteiger partial charge in [-0.05, 0) is 53.7 Å². The Hall–Kier alpha value is -2.79. The van der Waals surface area contributed by atoms with Crippen LogP contribution >= 0.6 is 12.2 Å². The van der Waals surface area contributed by atoms with Crippen molar-refractivity contribution in [2.75, 3.05) is 0 Å². The molecule has 0 heterocycles. The second kappa shape index (κ2) is 7.85. The van der Waals surface area contributed by atoms with E-state index in [1.165, 1.54) is 6.08 Å². The molecule has 2 aromatic rings. The Labute approximate surface area is 133 Å². The van der Waals surface area contributed by atoms with Crippen molar-refractivity contribution in [3.63, 3.8) is 0 Å². The molecular formula is C17H14N2O2S. The molecule has 5 heteroatoms. The molecule has 0 spiro atoms. The highest BCUT2D eigenvalue weighted by atomic mass is 32.1. The summed E-state index contributed by atoms with van der Waals surface area (Å²) in [6.07, 6.45) is 4.63. The molecule has 4 nitrogen and oxygen atoms in total. The average molecular weight is 310 g/mol. The van der Waals surface area contributed by atoms with Crippen molar-refractivity contribution in [3.05, 3.63) is 71.8 Å². The maximum atomic E-state index is 11.7. The van der Waals surface area contributed by atoms with Gasteiger partial charge in [0.15, 0.2) is 5.11 Å². The zero-order valence-corrected chi connectivity index (χ0v) is 12.5. The summed E-state index contributed by atoms with van der Waals surface area (Å²) in [5, 5.41) is 0.0709. The molecule has 110 valence electrons. The van der Waals surface area contributed by atoms with E-state index in [9.17, 15) is 4.79 Å². The molecule has 0 bridgehead atoms. The van der Waals surface area contributed by atoms with Crippen LogP contribution in [0, 0.1) is 0 Å². The molecule has 0 aliphatic carbocycles. The van der Waals surface area contributed by atoms with Crippen molar-refractivity contribution >= 4 is 35.6 Å². The van der Waals surface area contributed by atoms with Gasteiger partial charge in [0.1, 0.15) is 5.75 Å². The minimum absolute atomic E-state index is 0.0709. The number of hydrogen-bond donors (Lipinski definition) is 1. The topological polar surface area (TPSA) is 64.7 Å². The highest BCUT2D eigenvalue weighted by molar-refractivity contribution is 7.80. The molecule has 0 unspecified atom stereocenters. The predicted molar refractivity (Wildman–Crippen MR) is 91.9 cm³/mol. The van der Waals surface area contributed by atoms with Crippen molar-refractivity contribution in [3.8, 4) is 5.75 Å². The summed E-state index contributed by atoms with van der Waals surface area (Å²) >= 11 is 4.65. The zero-order valence-electron chi connectivity index (χ0n) is 11.7. The van der Waals surface area contributed by atoms with Crippen LogP contribution in [0.2, 0.25) is 0 Å². The molecular weight excluding hydrogens is 296 g/mol. The minimum atomic E-state index is -0.437. The molecule has 0 atom stereocenters. The van der Waals surface area contributed by atoms with Crippen LogP contribution in [0.5, 0.6) is 5.75 Å². The molecule has 2 aromatic carbocycles. The van der Waals surface area contributed by atoms with Crippen LogP contribution in [-0.4, -0.2) is 17.3 Å². The molecule has 2 N–H and O–H groups in total. The van der Waals surface area contributed by atoms with E-state index in [-0.39, 0.29) is 5.11 Å². The molecule has 0 saturated carbocycles. The smallest absolute Gasteiger partial charge is 0.336 e. The van der Waals surface area contributed by atoms with E-state index in [0.29, 0.717) is 5.75 Å². The average Bonchev–Trinajstić information content (AvgIpc) is 2.53. The quantitative estimate of drug-likeness (QED) is 0.310. The number of nitrogens with two attached hydrogens (primary N) is 1. The number of rotatable bonds is 4. The molecule has 22 heavy (non-hydrogen) atoms. The van der Waals surface area contributed by atoms with E-state index in [0.717, 1.165) is 11.1 Å². The monoisotopic (exact) mass is 310 g/mol. The highest BCUT2D eigenvalue weighted by Gasteiger charge is 2.00. The fourth-order valence-electron chi connectivity index (χ4n) is 1.64.